The van der Waals surface area contributed by atoms with Gasteiger partial charge in [0.2, 0.25) is 0 Å². The van der Waals surface area contributed by atoms with E-state index in [1.54, 1.807) is 24.3 Å². The lowest BCUT2D eigenvalue weighted by Gasteiger charge is -2.08. The number of rotatable bonds is 3. The Kier molecular flexibility index (Phi) is 3.83. The summed E-state index contributed by atoms with van der Waals surface area (Å²) in [5.41, 5.74) is 0.427. The number of sulfonamides is 1. The third-order valence-electron chi connectivity index (χ3n) is 2.28. The first kappa shape index (κ1) is 13.5. The van der Waals surface area contributed by atoms with Crippen LogP contribution in [0.5, 0.6) is 0 Å². The van der Waals surface area contributed by atoms with Crippen LogP contribution in [0.1, 0.15) is 5.56 Å². The van der Waals surface area contributed by atoms with Gasteiger partial charge in [0.25, 0.3) is 10.0 Å². The van der Waals surface area contributed by atoms with E-state index in [0.717, 1.165) is 0 Å². The number of hydrogen-bond donors (Lipinski definition) is 1. The van der Waals surface area contributed by atoms with Crippen LogP contribution in [-0.4, -0.2) is 13.4 Å². The topological polar surface area (TPSA) is 82.8 Å². The van der Waals surface area contributed by atoms with Crippen LogP contribution in [0.2, 0.25) is 0 Å². The lowest BCUT2D eigenvalue weighted by molar-refractivity contribution is 0.601. The zero-order valence-corrected chi connectivity index (χ0v) is 11.9. The van der Waals surface area contributed by atoms with Gasteiger partial charge in [0.1, 0.15) is 15.6 Å². The van der Waals surface area contributed by atoms with Crippen LogP contribution in [0.3, 0.4) is 0 Å². The largest absolute Gasteiger partial charge is 0.278 e. The van der Waals surface area contributed by atoms with Crippen molar-refractivity contribution in [2.45, 2.75) is 4.90 Å². The second-order valence-electron chi connectivity index (χ2n) is 3.58. The van der Waals surface area contributed by atoms with Crippen molar-refractivity contribution in [2.75, 3.05) is 4.72 Å². The average molecular weight is 338 g/mol. The van der Waals surface area contributed by atoms with E-state index in [1.807, 2.05) is 6.07 Å². The van der Waals surface area contributed by atoms with E-state index in [2.05, 4.69) is 25.6 Å². The van der Waals surface area contributed by atoms with Crippen molar-refractivity contribution in [3.05, 3.63) is 52.8 Å². The molecule has 2 rings (SSSR count). The molecule has 0 spiro atoms. The second-order valence-corrected chi connectivity index (χ2v) is 6.05. The van der Waals surface area contributed by atoms with Gasteiger partial charge in [-0.2, -0.15) is 5.26 Å². The lowest BCUT2D eigenvalue weighted by Crippen LogP contribution is -2.14. The number of benzene rings is 1. The molecule has 0 saturated carbocycles. The molecule has 96 valence electrons. The fourth-order valence-corrected chi connectivity index (χ4v) is 2.88. The summed E-state index contributed by atoms with van der Waals surface area (Å²) in [4.78, 5) is 3.87. The summed E-state index contributed by atoms with van der Waals surface area (Å²) in [5.74, 6) is 0. The molecule has 0 unspecified atom stereocenters. The van der Waals surface area contributed by atoms with Gasteiger partial charge >= 0.3 is 0 Å². The van der Waals surface area contributed by atoms with Crippen LogP contribution in [0.15, 0.2) is 52.1 Å². The lowest BCUT2D eigenvalue weighted by atomic mass is 10.2. The molecule has 5 nitrogen and oxygen atoms in total. The third-order valence-corrected chi connectivity index (χ3v) is 4.19. The SMILES string of the molecule is N#Cc1ccccc1S(=O)(=O)Nc1ccc(Br)nc1. The second kappa shape index (κ2) is 5.38. The Morgan fingerprint density at radius 2 is 1.95 bits per heavy atom. The Bertz CT molecular complexity index is 736. The molecule has 0 fully saturated rings. The first-order chi connectivity index (χ1) is 9.03. The summed E-state index contributed by atoms with van der Waals surface area (Å²) in [7, 11) is -3.80. The molecule has 1 N–H and O–H groups in total. The van der Waals surface area contributed by atoms with Gasteiger partial charge < -0.3 is 0 Å². The summed E-state index contributed by atoms with van der Waals surface area (Å²) < 4.78 is 27.3. The fraction of sp³-hybridized carbons (Fsp3) is 0. The number of anilines is 1. The minimum atomic E-state index is -3.80. The van der Waals surface area contributed by atoms with Gasteiger partial charge in [0.15, 0.2) is 0 Å². The Balaban J connectivity index is 2.38. The van der Waals surface area contributed by atoms with E-state index in [4.69, 9.17) is 5.26 Å². The summed E-state index contributed by atoms with van der Waals surface area (Å²) in [6.45, 7) is 0. The third kappa shape index (κ3) is 3.10. The number of nitrogens with zero attached hydrogens (tertiary/aromatic N) is 2. The van der Waals surface area contributed by atoms with E-state index < -0.39 is 10.0 Å². The molecule has 19 heavy (non-hydrogen) atoms. The van der Waals surface area contributed by atoms with Crippen molar-refractivity contribution in [2.24, 2.45) is 0 Å². The molecule has 7 heteroatoms. The van der Waals surface area contributed by atoms with Crippen LogP contribution >= 0.6 is 15.9 Å². The predicted molar refractivity (Wildman–Crippen MR) is 73.9 cm³/mol. The minimum absolute atomic E-state index is 0.0552. The standard InChI is InChI=1S/C12H8BrN3O2S/c13-12-6-5-10(8-15-12)16-19(17,18)11-4-2-1-3-9(11)7-14/h1-6,8,16H. The van der Waals surface area contributed by atoms with Gasteiger partial charge in [-0.25, -0.2) is 13.4 Å². The molecular weight excluding hydrogens is 330 g/mol. The van der Waals surface area contributed by atoms with Crippen molar-refractivity contribution in [3.63, 3.8) is 0 Å². The molecule has 0 aliphatic carbocycles. The highest BCUT2D eigenvalue weighted by molar-refractivity contribution is 9.10. The number of aromatic nitrogens is 1. The molecule has 0 aliphatic rings. The molecule has 0 atom stereocenters. The number of nitrogens with one attached hydrogen (secondary N) is 1. The van der Waals surface area contributed by atoms with Crippen molar-refractivity contribution in [1.29, 1.82) is 5.26 Å². The molecule has 0 radical (unpaired) electrons. The summed E-state index contributed by atoms with van der Waals surface area (Å²) in [5, 5.41) is 8.92. The molecular formula is C12H8BrN3O2S. The normalized spacial score (nSPS) is 10.7. The molecule has 1 aromatic heterocycles. The maximum absolute atomic E-state index is 12.2. The molecule has 2 aromatic rings. The number of hydrogen-bond acceptors (Lipinski definition) is 4. The predicted octanol–water partition coefficient (Wildman–Crippen LogP) is 2.52. The van der Waals surface area contributed by atoms with E-state index >= 15 is 0 Å². The van der Waals surface area contributed by atoms with E-state index in [1.165, 1.54) is 18.3 Å². The zero-order chi connectivity index (χ0) is 13.9. The molecule has 0 aliphatic heterocycles. The van der Waals surface area contributed by atoms with E-state index in [0.29, 0.717) is 10.3 Å². The van der Waals surface area contributed by atoms with Crippen LogP contribution < -0.4 is 4.72 Å². The smallest absolute Gasteiger partial charge is 0.263 e. The zero-order valence-electron chi connectivity index (χ0n) is 9.54. The first-order valence-electron chi connectivity index (χ1n) is 5.16. The van der Waals surface area contributed by atoms with Gasteiger partial charge in [-0.15, -0.1) is 0 Å². The first-order valence-corrected chi connectivity index (χ1v) is 7.44. The monoisotopic (exact) mass is 337 g/mol. The Morgan fingerprint density at radius 3 is 2.58 bits per heavy atom. The van der Waals surface area contributed by atoms with Crippen LogP contribution in [0.25, 0.3) is 0 Å². The molecule has 0 saturated heterocycles. The van der Waals surface area contributed by atoms with E-state index in [-0.39, 0.29) is 10.5 Å². The van der Waals surface area contributed by atoms with Crippen molar-refractivity contribution in [1.82, 2.24) is 4.98 Å². The van der Waals surface area contributed by atoms with Gasteiger partial charge in [0, 0.05) is 0 Å². The van der Waals surface area contributed by atoms with Gasteiger partial charge in [-0.3, -0.25) is 4.72 Å². The maximum Gasteiger partial charge on any atom is 0.263 e. The summed E-state index contributed by atoms with van der Waals surface area (Å²) >= 11 is 3.16. The highest BCUT2D eigenvalue weighted by Gasteiger charge is 2.18. The Morgan fingerprint density at radius 1 is 1.21 bits per heavy atom. The molecule has 0 bridgehead atoms. The van der Waals surface area contributed by atoms with Gasteiger partial charge in [-0.1, -0.05) is 12.1 Å². The fourth-order valence-electron chi connectivity index (χ4n) is 1.44. The Labute approximate surface area is 119 Å². The van der Waals surface area contributed by atoms with Crippen LogP contribution in [0, 0.1) is 11.3 Å². The molecule has 1 aromatic carbocycles. The highest BCUT2D eigenvalue weighted by Crippen LogP contribution is 2.19. The van der Waals surface area contributed by atoms with Crippen LogP contribution in [-0.2, 0) is 10.0 Å². The number of halogens is 1. The number of pyridine rings is 1. The average Bonchev–Trinajstić information content (AvgIpc) is 2.41. The highest BCUT2D eigenvalue weighted by atomic mass is 79.9. The van der Waals surface area contributed by atoms with Gasteiger partial charge in [-0.05, 0) is 40.2 Å². The molecule has 1 heterocycles. The van der Waals surface area contributed by atoms with Crippen molar-refractivity contribution >= 4 is 31.6 Å². The minimum Gasteiger partial charge on any atom is -0.278 e. The summed E-state index contributed by atoms with van der Waals surface area (Å²) in [6.07, 6.45) is 1.39. The van der Waals surface area contributed by atoms with Gasteiger partial charge in [0.05, 0.1) is 17.4 Å². The Hall–Kier alpha value is -1.91. The van der Waals surface area contributed by atoms with E-state index in [9.17, 15) is 8.42 Å². The van der Waals surface area contributed by atoms with Crippen molar-refractivity contribution < 1.29 is 8.42 Å². The van der Waals surface area contributed by atoms with Crippen molar-refractivity contribution in [3.8, 4) is 6.07 Å². The number of nitriles is 1. The quantitative estimate of drug-likeness (QED) is 0.872. The van der Waals surface area contributed by atoms with Crippen LogP contribution in [0.4, 0.5) is 5.69 Å². The summed E-state index contributed by atoms with van der Waals surface area (Å²) in [6, 6.07) is 11.1. The molecule has 0 amide bonds. The maximum atomic E-state index is 12.2.